The van der Waals surface area contributed by atoms with Crippen molar-refractivity contribution in [2.45, 2.75) is 51.4 Å². The first-order valence-electron chi connectivity index (χ1n) is 6.96. The van der Waals surface area contributed by atoms with Gasteiger partial charge in [-0.25, -0.2) is 0 Å². The second-order valence-electron chi connectivity index (χ2n) is 5.62. The van der Waals surface area contributed by atoms with Crippen LogP contribution < -0.4 is 0 Å². The molecule has 0 heterocycles. The van der Waals surface area contributed by atoms with Gasteiger partial charge in [0.25, 0.3) is 0 Å². The van der Waals surface area contributed by atoms with E-state index in [9.17, 15) is 4.79 Å². The van der Waals surface area contributed by atoms with E-state index < -0.39 is 5.97 Å². The summed E-state index contributed by atoms with van der Waals surface area (Å²) in [5, 5.41) is 9.13. The molecule has 0 atom stereocenters. The minimum Gasteiger partial charge on any atom is -0.481 e. The Labute approximate surface area is 109 Å². The maximum absolute atomic E-state index is 11.1. The molecule has 1 saturated carbocycles. The van der Waals surface area contributed by atoms with Gasteiger partial charge in [-0.3, -0.25) is 4.79 Å². The summed E-state index contributed by atoms with van der Waals surface area (Å²) in [7, 11) is 0. The first kappa shape index (κ1) is 13.1. The quantitative estimate of drug-likeness (QED) is 0.851. The molecule has 1 aliphatic carbocycles. The van der Waals surface area contributed by atoms with Crippen LogP contribution in [0.3, 0.4) is 0 Å². The molecule has 1 fully saturated rings. The van der Waals surface area contributed by atoms with Crippen molar-refractivity contribution >= 4 is 5.97 Å². The van der Waals surface area contributed by atoms with Crippen LogP contribution >= 0.6 is 0 Å². The van der Waals surface area contributed by atoms with Crippen molar-refractivity contribution in [3.8, 4) is 0 Å². The van der Waals surface area contributed by atoms with Crippen LogP contribution in [0.1, 0.15) is 50.5 Å². The lowest BCUT2D eigenvalue weighted by atomic mass is 9.68. The molecule has 0 aliphatic heterocycles. The van der Waals surface area contributed by atoms with E-state index in [4.69, 9.17) is 5.11 Å². The van der Waals surface area contributed by atoms with Crippen LogP contribution in [0.25, 0.3) is 0 Å². The van der Waals surface area contributed by atoms with Gasteiger partial charge in [0.05, 0.1) is 6.42 Å². The third-order valence-corrected chi connectivity index (χ3v) is 4.23. The Morgan fingerprint density at radius 3 is 2.39 bits per heavy atom. The molecule has 1 N–H and O–H groups in total. The van der Waals surface area contributed by atoms with Crippen LogP contribution in [0.15, 0.2) is 30.3 Å². The summed E-state index contributed by atoms with van der Waals surface area (Å²) in [5.41, 5.74) is 1.38. The summed E-state index contributed by atoms with van der Waals surface area (Å²) >= 11 is 0. The van der Waals surface area contributed by atoms with Crippen molar-refractivity contribution in [1.82, 2.24) is 0 Å². The molecule has 1 aliphatic rings. The molecule has 0 radical (unpaired) electrons. The van der Waals surface area contributed by atoms with E-state index in [0.717, 1.165) is 25.7 Å². The third-order valence-electron chi connectivity index (χ3n) is 4.23. The maximum atomic E-state index is 11.1. The zero-order valence-electron chi connectivity index (χ0n) is 10.9. The van der Waals surface area contributed by atoms with Crippen LogP contribution in [0.4, 0.5) is 0 Å². The lowest BCUT2D eigenvalue weighted by Gasteiger charge is -2.36. The van der Waals surface area contributed by atoms with Crippen molar-refractivity contribution < 1.29 is 9.90 Å². The Balaban J connectivity index is 1.99. The number of carbonyl (C=O) groups is 1. The highest BCUT2D eigenvalue weighted by molar-refractivity contribution is 5.67. The number of aliphatic carboxylic acids is 1. The topological polar surface area (TPSA) is 37.3 Å². The van der Waals surface area contributed by atoms with Crippen LogP contribution in [0.2, 0.25) is 0 Å². The Hall–Kier alpha value is -1.31. The zero-order chi connectivity index (χ0) is 12.8. The molecule has 1 aromatic carbocycles. The molecule has 0 unspecified atom stereocenters. The first-order chi connectivity index (χ1) is 8.70. The van der Waals surface area contributed by atoms with Crippen molar-refractivity contribution in [2.24, 2.45) is 5.41 Å². The summed E-state index contributed by atoms with van der Waals surface area (Å²) in [6, 6.07) is 10.4. The smallest absolute Gasteiger partial charge is 0.303 e. The molecule has 2 heteroatoms. The molecule has 0 spiro atoms. The SMILES string of the molecule is O=C(O)CC1(CCc2ccccc2)CCCCC1. The molecule has 1 aromatic rings. The van der Waals surface area contributed by atoms with Gasteiger partial charge in [-0.1, -0.05) is 49.6 Å². The van der Waals surface area contributed by atoms with Crippen molar-refractivity contribution in [3.05, 3.63) is 35.9 Å². The van der Waals surface area contributed by atoms with Crippen molar-refractivity contribution in [1.29, 1.82) is 0 Å². The lowest BCUT2D eigenvalue weighted by molar-refractivity contribution is -0.140. The fraction of sp³-hybridized carbons (Fsp3) is 0.562. The molecular weight excluding hydrogens is 224 g/mol. The van der Waals surface area contributed by atoms with Crippen molar-refractivity contribution in [3.63, 3.8) is 0 Å². The fourth-order valence-electron chi connectivity index (χ4n) is 3.19. The molecule has 18 heavy (non-hydrogen) atoms. The first-order valence-corrected chi connectivity index (χ1v) is 6.96. The van der Waals surface area contributed by atoms with E-state index in [-0.39, 0.29) is 5.41 Å². The Bertz CT molecular complexity index is 377. The van der Waals surface area contributed by atoms with Gasteiger partial charge in [0.1, 0.15) is 0 Å². The Morgan fingerprint density at radius 1 is 1.11 bits per heavy atom. The van der Waals surface area contributed by atoms with E-state index in [1.165, 1.54) is 24.8 Å². The molecule has 0 saturated heterocycles. The second kappa shape index (κ2) is 6.03. The summed E-state index contributed by atoms with van der Waals surface area (Å²) in [6.45, 7) is 0. The second-order valence-corrected chi connectivity index (χ2v) is 5.62. The fourth-order valence-corrected chi connectivity index (χ4v) is 3.19. The van der Waals surface area contributed by atoms with E-state index in [1.54, 1.807) is 0 Å². The summed E-state index contributed by atoms with van der Waals surface area (Å²) in [4.78, 5) is 11.1. The highest BCUT2D eigenvalue weighted by Crippen LogP contribution is 2.43. The van der Waals surface area contributed by atoms with Gasteiger partial charge in [-0.05, 0) is 36.7 Å². The number of rotatable bonds is 5. The molecule has 0 aromatic heterocycles. The number of hydrogen-bond donors (Lipinski definition) is 1. The van der Waals surface area contributed by atoms with Gasteiger partial charge in [-0.15, -0.1) is 0 Å². The number of aryl methyl sites for hydroxylation is 1. The largest absolute Gasteiger partial charge is 0.481 e. The standard InChI is InChI=1S/C16H22O2/c17-15(18)13-16(10-5-2-6-11-16)12-9-14-7-3-1-4-8-14/h1,3-4,7-8H,2,5-6,9-13H2,(H,17,18). The third kappa shape index (κ3) is 3.59. The van der Waals surface area contributed by atoms with Gasteiger partial charge < -0.3 is 5.11 Å². The highest BCUT2D eigenvalue weighted by Gasteiger charge is 2.33. The molecule has 98 valence electrons. The Morgan fingerprint density at radius 2 is 1.78 bits per heavy atom. The van der Waals surface area contributed by atoms with Gasteiger partial charge in [0, 0.05) is 0 Å². The van der Waals surface area contributed by atoms with E-state index in [0.29, 0.717) is 6.42 Å². The number of benzene rings is 1. The molecule has 0 amide bonds. The summed E-state index contributed by atoms with van der Waals surface area (Å²) < 4.78 is 0. The molecular formula is C16H22O2. The lowest BCUT2D eigenvalue weighted by Crippen LogP contribution is -2.28. The highest BCUT2D eigenvalue weighted by atomic mass is 16.4. The van der Waals surface area contributed by atoms with Gasteiger partial charge in [0.15, 0.2) is 0 Å². The normalized spacial score (nSPS) is 18.4. The maximum Gasteiger partial charge on any atom is 0.303 e. The number of carboxylic acids is 1. The zero-order valence-corrected chi connectivity index (χ0v) is 10.9. The van der Waals surface area contributed by atoms with Gasteiger partial charge in [0.2, 0.25) is 0 Å². The predicted molar refractivity (Wildman–Crippen MR) is 72.5 cm³/mol. The molecule has 0 bridgehead atoms. The average molecular weight is 246 g/mol. The monoisotopic (exact) mass is 246 g/mol. The Kier molecular flexibility index (Phi) is 4.40. The summed E-state index contributed by atoms with van der Waals surface area (Å²) in [5.74, 6) is -0.634. The number of carboxylic acid groups (broad SMARTS) is 1. The van der Waals surface area contributed by atoms with Crippen LogP contribution in [-0.4, -0.2) is 11.1 Å². The van der Waals surface area contributed by atoms with Crippen LogP contribution in [0.5, 0.6) is 0 Å². The molecule has 2 rings (SSSR count). The average Bonchev–Trinajstić information content (AvgIpc) is 2.38. The predicted octanol–water partition coefficient (Wildman–Crippen LogP) is 4.04. The summed E-state index contributed by atoms with van der Waals surface area (Å²) in [6.07, 6.45) is 8.21. The molecule has 2 nitrogen and oxygen atoms in total. The van der Waals surface area contributed by atoms with Gasteiger partial charge in [-0.2, -0.15) is 0 Å². The van der Waals surface area contributed by atoms with E-state index in [2.05, 4.69) is 24.3 Å². The number of hydrogen-bond acceptors (Lipinski definition) is 1. The minimum atomic E-state index is -0.634. The minimum absolute atomic E-state index is 0.0555. The van der Waals surface area contributed by atoms with E-state index in [1.807, 2.05) is 6.07 Å². The van der Waals surface area contributed by atoms with E-state index >= 15 is 0 Å². The van der Waals surface area contributed by atoms with Crippen molar-refractivity contribution in [2.75, 3.05) is 0 Å². The van der Waals surface area contributed by atoms with Crippen LogP contribution in [-0.2, 0) is 11.2 Å². The van der Waals surface area contributed by atoms with Gasteiger partial charge >= 0.3 is 5.97 Å². The van der Waals surface area contributed by atoms with Crippen LogP contribution in [0, 0.1) is 5.41 Å².